The van der Waals surface area contributed by atoms with Gasteiger partial charge in [-0.3, -0.25) is 9.78 Å². The number of sulfone groups is 1. The number of anilines is 1. The van der Waals surface area contributed by atoms with Crippen LogP contribution < -0.4 is 14.8 Å². The van der Waals surface area contributed by atoms with Crippen molar-refractivity contribution in [3.05, 3.63) is 78.1 Å². The van der Waals surface area contributed by atoms with Crippen LogP contribution >= 0.6 is 0 Å². The molecule has 1 heterocycles. The number of pyridine rings is 1. The number of hydrogen-bond acceptors (Lipinski definition) is 6. The highest BCUT2D eigenvalue weighted by molar-refractivity contribution is 7.90. The van der Waals surface area contributed by atoms with Gasteiger partial charge in [-0.1, -0.05) is 0 Å². The number of methoxy groups -OCH3 is 1. The lowest BCUT2D eigenvalue weighted by Crippen LogP contribution is -2.12. The van der Waals surface area contributed by atoms with E-state index in [-0.39, 0.29) is 10.8 Å². The quantitative estimate of drug-likeness (QED) is 0.640. The van der Waals surface area contributed by atoms with E-state index in [1.54, 1.807) is 30.6 Å². The lowest BCUT2D eigenvalue weighted by molar-refractivity contribution is 0.102. The van der Waals surface area contributed by atoms with Crippen LogP contribution in [0, 0.1) is 0 Å². The van der Waals surface area contributed by atoms with E-state index in [0.717, 1.165) is 11.8 Å². The minimum absolute atomic E-state index is 0.158. The Bertz CT molecular complexity index is 1100. The van der Waals surface area contributed by atoms with E-state index >= 15 is 0 Å². The lowest BCUT2D eigenvalue weighted by Gasteiger charge is -2.13. The fourth-order valence-corrected chi connectivity index (χ4v) is 3.19. The summed E-state index contributed by atoms with van der Waals surface area (Å²) in [5, 5.41) is 2.77. The van der Waals surface area contributed by atoms with Crippen LogP contribution in [-0.4, -0.2) is 32.7 Å². The Labute approximate surface area is 169 Å². The molecule has 0 saturated heterocycles. The summed E-state index contributed by atoms with van der Waals surface area (Å²) in [6, 6.07) is 14.5. The number of ether oxygens (including phenoxy) is 2. The minimum atomic E-state index is -3.31. The van der Waals surface area contributed by atoms with Crippen molar-refractivity contribution >= 4 is 21.4 Å². The summed E-state index contributed by atoms with van der Waals surface area (Å²) in [6.45, 7) is 0.323. The van der Waals surface area contributed by atoms with Gasteiger partial charge in [-0.2, -0.15) is 0 Å². The first kappa shape index (κ1) is 20.3. The summed E-state index contributed by atoms with van der Waals surface area (Å²) in [4.78, 5) is 16.6. The number of carbonyl (C=O) groups excluding carboxylic acids is 1. The summed E-state index contributed by atoms with van der Waals surface area (Å²) in [7, 11) is -1.77. The maximum Gasteiger partial charge on any atom is 0.255 e. The predicted molar refractivity (Wildman–Crippen MR) is 109 cm³/mol. The molecule has 0 atom stereocenters. The molecule has 0 radical (unpaired) electrons. The van der Waals surface area contributed by atoms with Crippen LogP contribution in [0.25, 0.3) is 0 Å². The lowest BCUT2D eigenvalue weighted by atomic mass is 10.2. The summed E-state index contributed by atoms with van der Waals surface area (Å²) in [5.41, 5.74) is 1.81. The van der Waals surface area contributed by atoms with E-state index in [9.17, 15) is 13.2 Å². The number of nitrogens with one attached hydrogen (secondary N) is 1. The van der Waals surface area contributed by atoms with Gasteiger partial charge in [0.05, 0.1) is 12.0 Å². The number of amides is 1. The fourth-order valence-electron chi connectivity index (χ4n) is 2.56. The Morgan fingerprint density at radius 1 is 1.00 bits per heavy atom. The van der Waals surface area contributed by atoms with Crippen molar-refractivity contribution in [2.24, 2.45) is 0 Å². The second-order valence-corrected chi connectivity index (χ2v) is 8.28. The Morgan fingerprint density at radius 2 is 1.69 bits per heavy atom. The van der Waals surface area contributed by atoms with Gasteiger partial charge in [0.25, 0.3) is 5.91 Å². The number of rotatable bonds is 7. The first-order valence-corrected chi connectivity index (χ1v) is 10.6. The zero-order valence-corrected chi connectivity index (χ0v) is 16.8. The largest absolute Gasteiger partial charge is 0.493 e. The number of hydrogen-bond donors (Lipinski definition) is 1. The first-order chi connectivity index (χ1) is 13.9. The third-order valence-electron chi connectivity index (χ3n) is 4.11. The summed E-state index contributed by atoms with van der Waals surface area (Å²) in [6.07, 6.45) is 4.48. The number of nitrogens with zero attached hydrogens (tertiary/aromatic N) is 1. The molecular formula is C21H20N2O5S. The summed E-state index contributed by atoms with van der Waals surface area (Å²) in [5.74, 6) is 0.652. The minimum Gasteiger partial charge on any atom is -0.493 e. The van der Waals surface area contributed by atoms with E-state index < -0.39 is 9.84 Å². The van der Waals surface area contributed by atoms with Gasteiger partial charge in [-0.05, 0) is 54.1 Å². The van der Waals surface area contributed by atoms with Crippen molar-refractivity contribution in [1.29, 1.82) is 0 Å². The van der Waals surface area contributed by atoms with Gasteiger partial charge in [-0.25, -0.2) is 8.42 Å². The fraction of sp³-hybridized carbons (Fsp3) is 0.143. The topological polar surface area (TPSA) is 94.6 Å². The number of benzene rings is 2. The molecule has 2 aromatic carbocycles. The standard InChI is InChI=1S/C21H20N2O5S/c1-27-19-8-5-17(13-20(19)28-14-15-9-11-22-12-10-15)23-21(24)16-3-6-18(7-4-16)29(2,25)26/h3-13H,14H2,1-2H3,(H,23,24). The smallest absolute Gasteiger partial charge is 0.255 e. The van der Waals surface area contributed by atoms with Crippen molar-refractivity contribution < 1.29 is 22.7 Å². The molecule has 3 rings (SSSR count). The van der Waals surface area contributed by atoms with E-state index in [1.165, 1.54) is 31.4 Å². The average molecular weight is 412 g/mol. The van der Waals surface area contributed by atoms with Crippen molar-refractivity contribution in [3.63, 3.8) is 0 Å². The Kier molecular flexibility index (Phi) is 6.13. The summed E-state index contributed by atoms with van der Waals surface area (Å²) < 4.78 is 34.2. The molecule has 0 saturated carbocycles. The van der Waals surface area contributed by atoms with Crippen molar-refractivity contribution in [2.45, 2.75) is 11.5 Å². The highest BCUT2D eigenvalue weighted by Gasteiger charge is 2.12. The van der Waals surface area contributed by atoms with Gasteiger partial charge in [0.1, 0.15) is 6.61 Å². The van der Waals surface area contributed by atoms with Gasteiger partial charge in [0, 0.05) is 36.0 Å². The van der Waals surface area contributed by atoms with Gasteiger partial charge in [0.15, 0.2) is 21.3 Å². The Balaban J connectivity index is 1.74. The van der Waals surface area contributed by atoms with Crippen molar-refractivity contribution in [1.82, 2.24) is 4.98 Å². The zero-order valence-electron chi connectivity index (χ0n) is 16.0. The Hall–Kier alpha value is -3.39. The van der Waals surface area contributed by atoms with Gasteiger partial charge < -0.3 is 14.8 Å². The first-order valence-electron chi connectivity index (χ1n) is 8.68. The van der Waals surface area contributed by atoms with E-state index in [1.807, 2.05) is 12.1 Å². The second kappa shape index (κ2) is 8.74. The SMILES string of the molecule is COc1ccc(NC(=O)c2ccc(S(C)(=O)=O)cc2)cc1OCc1ccncc1. The molecule has 29 heavy (non-hydrogen) atoms. The van der Waals surface area contributed by atoms with E-state index in [2.05, 4.69) is 10.3 Å². The normalized spacial score (nSPS) is 11.0. The molecule has 8 heteroatoms. The third-order valence-corrected chi connectivity index (χ3v) is 5.24. The van der Waals surface area contributed by atoms with Gasteiger partial charge in [0.2, 0.25) is 0 Å². The molecule has 1 aromatic heterocycles. The zero-order chi connectivity index (χ0) is 20.9. The second-order valence-electron chi connectivity index (χ2n) is 6.26. The molecule has 0 spiro atoms. The van der Waals surface area contributed by atoms with Crippen LogP contribution in [0.3, 0.4) is 0 Å². The average Bonchev–Trinajstić information content (AvgIpc) is 2.72. The molecule has 0 aliphatic carbocycles. The molecule has 1 N–H and O–H groups in total. The van der Waals surface area contributed by atoms with Crippen molar-refractivity contribution in [3.8, 4) is 11.5 Å². The van der Waals surface area contributed by atoms with Crippen molar-refractivity contribution in [2.75, 3.05) is 18.7 Å². The molecule has 150 valence electrons. The molecule has 3 aromatic rings. The molecule has 0 aliphatic heterocycles. The van der Waals surface area contributed by atoms with E-state index in [0.29, 0.717) is 29.4 Å². The highest BCUT2D eigenvalue weighted by Crippen LogP contribution is 2.31. The maximum atomic E-state index is 12.5. The van der Waals surface area contributed by atoms with Crippen LogP contribution in [0.1, 0.15) is 15.9 Å². The number of aromatic nitrogens is 1. The molecule has 1 amide bonds. The molecule has 0 fully saturated rings. The molecule has 0 bridgehead atoms. The highest BCUT2D eigenvalue weighted by atomic mass is 32.2. The van der Waals surface area contributed by atoms with Crippen LogP contribution in [0.5, 0.6) is 11.5 Å². The monoisotopic (exact) mass is 412 g/mol. The molecule has 0 unspecified atom stereocenters. The van der Waals surface area contributed by atoms with Crippen LogP contribution in [0.4, 0.5) is 5.69 Å². The molecular weight excluding hydrogens is 392 g/mol. The Morgan fingerprint density at radius 3 is 2.31 bits per heavy atom. The van der Waals surface area contributed by atoms with E-state index in [4.69, 9.17) is 9.47 Å². The molecule has 7 nitrogen and oxygen atoms in total. The third kappa shape index (κ3) is 5.32. The van der Waals surface area contributed by atoms with Crippen LogP contribution in [-0.2, 0) is 16.4 Å². The van der Waals surface area contributed by atoms with Crippen LogP contribution in [0.2, 0.25) is 0 Å². The summed E-state index contributed by atoms with van der Waals surface area (Å²) >= 11 is 0. The van der Waals surface area contributed by atoms with Crippen LogP contribution in [0.15, 0.2) is 71.9 Å². The number of carbonyl (C=O) groups is 1. The van der Waals surface area contributed by atoms with Gasteiger partial charge >= 0.3 is 0 Å². The molecule has 0 aliphatic rings. The van der Waals surface area contributed by atoms with Gasteiger partial charge in [-0.15, -0.1) is 0 Å². The maximum absolute atomic E-state index is 12.5. The predicted octanol–water partition coefficient (Wildman–Crippen LogP) is 3.33.